The van der Waals surface area contributed by atoms with Gasteiger partial charge in [-0.3, -0.25) is 0 Å². The molecule has 3 aromatic rings. The minimum absolute atomic E-state index is 0.478. The normalized spacial score (nSPS) is 14.3. The van der Waals surface area contributed by atoms with Crippen LogP contribution in [-0.2, 0) is 0 Å². The van der Waals surface area contributed by atoms with E-state index in [1.165, 1.54) is 25.7 Å². The predicted octanol–water partition coefficient (Wildman–Crippen LogP) is 5.85. The molecule has 0 atom stereocenters. The zero-order chi connectivity index (χ0) is 17.8. The Morgan fingerprint density at radius 2 is 1.62 bits per heavy atom. The van der Waals surface area contributed by atoms with E-state index in [9.17, 15) is 0 Å². The number of benzene rings is 2. The van der Waals surface area contributed by atoms with Crippen LogP contribution in [0.1, 0.15) is 25.7 Å². The number of hydrogen-bond acceptors (Lipinski definition) is 4. The number of hydrogen-bond donors (Lipinski definition) is 2. The van der Waals surface area contributed by atoms with Gasteiger partial charge in [-0.25, -0.2) is 4.98 Å². The summed E-state index contributed by atoms with van der Waals surface area (Å²) in [6, 6.07) is 21.0. The molecule has 1 saturated carbocycles. The maximum absolute atomic E-state index is 4.77. The summed E-state index contributed by atoms with van der Waals surface area (Å²) in [5.41, 5.74) is 3.07. The van der Waals surface area contributed by atoms with E-state index in [1.54, 1.807) is 0 Å². The van der Waals surface area contributed by atoms with Gasteiger partial charge in [0.05, 0.1) is 11.4 Å². The van der Waals surface area contributed by atoms with Crippen molar-refractivity contribution >= 4 is 40.0 Å². The number of rotatable bonds is 5. The number of nitrogens with zero attached hydrogens (tertiary/aromatic N) is 2. The Labute approximate surface area is 167 Å². The van der Waals surface area contributed by atoms with E-state index in [-0.39, 0.29) is 0 Å². The molecule has 2 N–H and O–H groups in total. The summed E-state index contributed by atoms with van der Waals surface area (Å²) < 4.78 is 1.16. The van der Waals surface area contributed by atoms with Gasteiger partial charge in [-0.05, 0) is 47.6 Å². The third-order valence-electron chi connectivity index (χ3n) is 4.62. The summed E-state index contributed by atoms with van der Waals surface area (Å²) in [6.45, 7) is 0. The van der Waals surface area contributed by atoms with Gasteiger partial charge < -0.3 is 10.6 Å². The minimum Gasteiger partial charge on any atom is -0.351 e. The van der Waals surface area contributed by atoms with Gasteiger partial charge in [-0.1, -0.05) is 55.3 Å². The largest absolute Gasteiger partial charge is 0.351 e. The summed E-state index contributed by atoms with van der Waals surface area (Å²) in [7, 11) is 0. The molecule has 1 heterocycles. The topological polar surface area (TPSA) is 49.8 Å². The van der Waals surface area contributed by atoms with Crippen molar-refractivity contribution in [2.24, 2.45) is 0 Å². The fraction of sp³-hybridized carbons (Fsp3) is 0.238. The van der Waals surface area contributed by atoms with Gasteiger partial charge in [0, 0.05) is 21.2 Å². The second-order valence-electron chi connectivity index (χ2n) is 6.56. The molecule has 1 aliphatic carbocycles. The number of nitrogens with one attached hydrogen (secondary N) is 2. The summed E-state index contributed by atoms with van der Waals surface area (Å²) in [4.78, 5) is 9.49. The molecule has 1 fully saturated rings. The van der Waals surface area contributed by atoms with Crippen LogP contribution >= 0.6 is 22.6 Å². The van der Waals surface area contributed by atoms with Gasteiger partial charge in [-0.2, -0.15) is 4.98 Å². The Hall–Kier alpha value is -2.15. The molecule has 0 radical (unpaired) electrons. The third-order valence-corrected chi connectivity index (χ3v) is 5.56. The lowest BCUT2D eigenvalue weighted by Crippen LogP contribution is -2.17. The molecule has 0 saturated heterocycles. The zero-order valence-electron chi connectivity index (χ0n) is 14.5. The molecule has 0 amide bonds. The second kappa shape index (κ2) is 8.03. The Balaban J connectivity index is 1.68. The van der Waals surface area contributed by atoms with Crippen LogP contribution < -0.4 is 10.6 Å². The fourth-order valence-corrected chi connectivity index (χ4v) is 3.81. The highest BCUT2D eigenvalue weighted by Crippen LogP contribution is 2.27. The molecule has 4 rings (SSSR count). The molecule has 4 nitrogen and oxygen atoms in total. The molecule has 0 bridgehead atoms. The highest BCUT2D eigenvalue weighted by atomic mass is 127. The lowest BCUT2D eigenvalue weighted by atomic mass is 10.1. The maximum atomic E-state index is 4.77. The van der Waals surface area contributed by atoms with E-state index in [4.69, 9.17) is 9.97 Å². The first kappa shape index (κ1) is 17.3. The monoisotopic (exact) mass is 456 g/mol. The van der Waals surface area contributed by atoms with Crippen LogP contribution in [0.25, 0.3) is 11.3 Å². The van der Waals surface area contributed by atoms with E-state index in [1.807, 2.05) is 36.4 Å². The smallest absolute Gasteiger partial charge is 0.225 e. The lowest BCUT2D eigenvalue weighted by molar-refractivity contribution is 0.744. The van der Waals surface area contributed by atoms with Gasteiger partial charge in [0.1, 0.15) is 5.82 Å². The quantitative estimate of drug-likeness (QED) is 0.474. The number of anilines is 3. The molecule has 1 aromatic heterocycles. The van der Waals surface area contributed by atoms with Crippen molar-refractivity contribution in [2.45, 2.75) is 31.7 Å². The van der Waals surface area contributed by atoms with E-state index in [0.29, 0.717) is 12.0 Å². The second-order valence-corrected chi connectivity index (χ2v) is 7.72. The summed E-state index contributed by atoms with van der Waals surface area (Å²) in [5.74, 6) is 1.51. The fourth-order valence-electron chi connectivity index (χ4n) is 3.29. The van der Waals surface area contributed by atoms with E-state index in [2.05, 4.69) is 57.5 Å². The number of halogens is 1. The molecule has 0 spiro atoms. The van der Waals surface area contributed by atoms with Crippen molar-refractivity contribution in [3.8, 4) is 11.3 Å². The molecule has 132 valence electrons. The van der Waals surface area contributed by atoms with Crippen LogP contribution in [0.4, 0.5) is 17.5 Å². The molecular formula is C21H21IN4. The molecule has 0 unspecified atom stereocenters. The summed E-state index contributed by atoms with van der Waals surface area (Å²) >= 11 is 2.33. The van der Waals surface area contributed by atoms with Crippen molar-refractivity contribution in [2.75, 3.05) is 10.6 Å². The Kier molecular flexibility index (Phi) is 5.34. The Morgan fingerprint density at radius 3 is 2.38 bits per heavy atom. The minimum atomic E-state index is 0.478. The van der Waals surface area contributed by atoms with Crippen LogP contribution in [-0.4, -0.2) is 16.0 Å². The molecule has 26 heavy (non-hydrogen) atoms. The number of para-hydroxylation sites is 1. The SMILES string of the molecule is Ic1ccccc1Nc1cc(-c2ccccc2)nc(NC2CCCC2)n1. The average molecular weight is 456 g/mol. The standard InChI is InChI=1S/C21H21IN4/c22-17-12-6-7-13-18(17)24-20-14-19(15-8-2-1-3-9-15)25-21(26-20)23-16-10-4-5-11-16/h1-3,6-9,12-14,16H,4-5,10-11H2,(H2,23,24,25,26). The molecule has 2 aromatic carbocycles. The van der Waals surface area contributed by atoms with Crippen LogP contribution in [0.15, 0.2) is 60.7 Å². The van der Waals surface area contributed by atoms with Gasteiger partial charge >= 0.3 is 0 Å². The molecule has 1 aliphatic rings. The third kappa shape index (κ3) is 4.15. The van der Waals surface area contributed by atoms with Crippen LogP contribution in [0.3, 0.4) is 0 Å². The highest BCUT2D eigenvalue weighted by Gasteiger charge is 2.17. The van der Waals surface area contributed by atoms with Gasteiger partial charge in [-0.15, -0.1) is 0 Å². The van der Waals surface area contributed by atoms with E-state index < -0.39 is 0 Å². The van der Waals surface area contributed by atoms with Crippen molar-refractivity contribution < 1.29 is 0 Å². The van der Waals surface area contributed by atoms with Gasteiger partial charge in [0.2, 0.25) is 5.95 Å². The van der Waals surface area contributed by atoms with Crippen molar-refractivity contribution in [3.05, 3.63) is 64.2 Å². The Bertz CT molecular complexity index is 876. The Morgan fingerprint density at radius 1 is 0.885 bits per heavy atom. The predicted molar refractivity (Wildman–Crippen MR) is 116 cm³/mol. The van der Waals surface area contributed by atoms with Gasteiger partial charge in [0.25, 0.3) is 0 Å². The molecule has 0 aliphatic heterocycles. The van der Waals surface area contributed by atoms with Crippen LogP contribution in [0.5, 0.6) is 0 Å². The van der Waals surface area contributed by atoms with E-state index in [0.717, 1.165) is 26.3 Å². The first-order chi connectivity index (χ1) is 12.8. The molecular weight excluding hydrogens is 435 g/mol. The lowest BCUT2D eigenvalue weighted by Gasteiger charge is -2.15. The summed E-state index contributed by atoms with van der Waals surface area (Å²) in [5, 5.41) is 6.98. The molecule has 5 heteroatoms. The van der Waals surface area contributed by atoms with Crippen molar-refractivity contribution in [1.82, 2.24) is 9.97 Å². The van der Waals surface area contributed by atoms with Crippen LogP contribution in [0, 0.1) is 3.57 Å². The zero-order valence-corrected chi connectivity index (χ0v) is 16.6. The van der Waals surface area contributed by atoms with Crippen molar-refractivity contribution in [1.29, 1.82) is 0 Å². The first-order valence-electron chi connectivity index (χ1n) is 9.00. The van der Waals surface area contributed by atoms with Crippen LogP contribution in [0.2, 0.25) is 0 Å². The highest BCUT2D eigenvalue weighted by molar-refractivity contribution is 14.1. The van der Waals surface area contributed by atoms with E-state index >= 15 is 0 Å². The van der Waals surface area contributed by atoms with Gasteiger partial charge in [0.15, 0.2) is 0 Å². The summed E-state index contributed by atoms with van der Waals surface area (Å²) in [6.07, 6.45) is 4.95. The average Bonchev–Trinajstić information content (AvgIpc) is 3.17. The first-order valence-corrected chi connectivity index (χ1v) is 10.1. The number of aromatic nitrogens is 2. The maximum Gasteiger partial charge on any atom is 0.225 e. The van der Waals surface area contributed by atoms with Crippen molar-refractivity contribution in [3.63, 3.8) is 0 Å².